The molecule has 0 aliphatic carbocycles. The fourth-order valence-corrected chi connectivity index (χ4v) is 1.57. The van der Waals surface area contributed by atoms with Crippen LogP contribution in [0, 0.1) is 5.82 Å². The monoisotopic (exact) mass is 258 g/mol. The van der Waals surface area contributed by atoms with E-state index in [1.54, 1.807) is 0 Å². The highest BCUT2D eigenvalue weighted by Crippen LogP contribution is 2.28. The zero-order chi connectivity index (χ0) is 10.3. The Labute approximate surface area is 86.2 Å². The van der Waals surface area contributed by atoms with Crippen LogP contribution in [0.3, 0.4) is 0 Å². The van der Waals surface area contributed by atoms with Gasteiger partial charge in [0, 0.05) is 4.47 Å². The summed E-state index contributed by atoms with van der Waals surface area (Å²) in [5.41, 5.74) is 0.141. The molecule has 0 bridgehead atoms. The number of halogens is 2. The van der Waals surface area contributed by atoms with Crippen LogP contribution in [-0.4, -0.2) is 20.2 Å². The molecule has 6 heteroatoms. The van der Waals surface area contributed by atoms with Gasteiger partial charge in [0.25, 0.3) is 0 Å². The van der Waals surface area contributed by atoms with Gasteiger partial charge in [-0.2, -0.15) is 9.97 Å². The van der Waals surface area contributed by atoms with E-state index in [-0.39, 0.29) is 10.9 Å². The van der Waals surface area contributed by atoms with Crippen molar-refractivity contribution in [1.29, 1.82) is 0 Å². The van der Waals surface area contributed by atoms with Crippen LogP contribution in [0.5, 0.6) is 11.9 Å². The van der Waals surface area contributed by atoms with Gasteiger partial charge < -0.3 is 10.2 Å². The van der Waals surface area contributed by atoms with Gasteiger partial charge in [-0.3, -0.25) is 0 Å². The summed E-state index contributed by atoms with van der Waals surface area (Å²) < 4.78 is 13.8. The molecule has 14 heavy (non-hydrogen) atoms. The highest BCUT2D eigenvalue weighted by atomic mass is 79.9. The number of aromatic hydroxyl groups is 2. The summed E-state index contributed by atoms with van der Waals surface area (Å²) in [7, 11) is 0. The molecule has 1 aromatic heterocycles. The van der Waals surface area contributed by atoms with Gasteiger partial charge in [-0.1, -0.05) is 15.9 Å². The maximum absolute atomic E-state index is 13.3. The first-order valence-corrected chi connectivity index (χ1v) is 4.42. The molecule has 1 heterocycles. The largest absolute Gasteiger partial charge is 0.493 e. The molecule has 0 aliphatic rings. The summed E-state index contributed by atoms with van der Waals surface area (Å²) >= 11 is 3.07. The lowest BCUT2D eigenvalue weighted by Crippen LogP contribution is -1.88. The van der Waals surface area contributed by atoms with E-state index in [0.717, 1.165) is 0 Å². The van der Waals surface area contributed by atoms with Crippen molar-refractivity contribution in [1.82, 2.24) is 9.97 Å². The Morgan fingerprint density at radius 3 is 2.64 bits per heavy atom. The molecule has 1 aromatic carbocycles. The first-order chi connectivity index (χ1) is 6.58. The maximum Gasteiger partial charge on any atom is 0.317 e. The molecule has 0 atom stereocenters. The molecule has 0 aliphatic heterocycles. The van der Waals surface area contributed by atoms with Crippen molar-refractivity contribution in [3.63, 3.8) is 0 Å². The number of benzene rings is 1. The van der Waals surface area contributed by atoms with E-state index in [2.05, 4.69) is 25.9 Å². The molecule has 2 rings (SSSR count). The van der Waals surface area contributed by atoms with E-state index in [4.69, 9.17) is 5.11 Å². The van der Waals surface area contributed by atoms with Gasteiger partial charge in [0.15, 0.2) is 0 Å². The van der Waals surface area contributed by atoms with Gasteiger partial charge in [-0.05, 0) is 12.1 Å². The van der Waals surface area contributed by atoms with Crippen molar-refractivity contribution in [2.45, 2.75) is 0 Å². The summed E-state index contributed by atoms with van der Waals surface area (Å²) in [5, 5.41) is 18.1. The van der Waals surface area contributed by atoms with Gasteiger partial charge in [0.1, 0.15) is 5.82 Å². The molecule has 0 unspecified atom stereocenters. The lowest BCUT2D eigenvalue weighted by Gasteiger charge is -2.02. The average molecular weight is 259 g/mol. The lowest BCUT2D eigenvalue weighted by molar-refractivity contribution is 0.402. The standard InChI is InChI=1S/C8H4BrFN2O2/c9-3-1-4(10)6-5(2-3)11-8(14)12-7(6)13/h1-2H,(H2,11,12,13,14). The second-order valence-corrected chi connectivity index (χ2v) is 3.54. The lowest BCUT2D eigenvalue weighted by atomic mass is 10.2. The van der Waals surface area contributed by atoms with Crippen molar-refractivity contribution in [2.75, 3.05) is 0 Å². The van der Waals surface area contributed by atoms with E-state index in [1.807, 2.05) is 0 Å². The minimum absolute atomic E-state index is 0.106. The highest BCUT2D eigenvalue weighted by Gasteiger charge is 2.11. The number of rotatable bonds is 0. The highest BCUT2D eigenvalue weighted by molar-refractivity contribution is 9.10. The van der Waals surface area contributed by atoms with E-state index >= 15 is 0 Å². The second kappa shape index (κ2) is 3.06. The van der Waals surface area contributed by atoms with Crippen LogP contribution in [0.15, 0.2) is 16.6 Å². The Morgan fingerprint density at radius 1 is 1.21 bits per heavy atom. The Morgan fingerprint density at radius 2 is 1.93 bits per heavy atom. The predicted octanol–water partition coefficient (Wildman–Crippen LogP) is 1.94. The third-order valence-corrected chi connectivity index (χ3v) is 2.14. The van der Waals surface area contributed by atoms with Crippen LogP contribution in [0.1, 0.15) is 0 Å². The molecule has 2 N–H and O–H groups in total. The predicted molar refractivity (Wildman–Crippen MR) is 50.5 cm³/mol. The van der Waals surface area contributed by atoms with Crippen LogP contribution >= 0.6 is 15.9 Å². The number of fused-ring (bicyclic) bond motifs is 1. The summed E-state index contributed by atoms with van der Waals surface area (Å²) in [6.07, 6.45) is 0. The third-order valence-electron chi connectivity index (χ3n) is 1.68. The van der Waals surface area contributed by atoms with Crippen LogP contribution in [-0.2, 0) is 0 Å². The molecule has 0 radical (unpaired) electrons. The number of aromatic nitrogens is 2. The van der Waals surface area contributed by atoms with Crippen LogP contribution in [0.4, 0.5) is 4.39 Å². The first-order valence-electron chi connectivity index (χ1n) is 3.62. The van der Waals surface area contributed by atoms with Gasteiger partial charge in [0.2, 0.25) is 5.88 Å². The molecule has 72 valence electrons. The van der Waals surface area contributed by atoms with Crippen molar-refractivity contribution >= 4 is 26.8 Å². The van der Waals surface area contributed by atoms with Crippen molar-refractivity contribution < 1.29 is 14.6 Å². The SMILES string of the molecule is Oc1nc(O)c2c(F)cc(Br)cc2n1. The molecule has 4 nitrogen and oxygen atoms in total. The van der Waals surface area contributed by atoms with Gasteiger partial charge >= 0.3 is 6.01 Å². The molecular formula is C8H4BrFN2O2. The normalized spacial score (nSPS) is 10.7. The first kappa shape index (κ1) is 9.14. The summed E-state index contributed by atoms with van der Waals surface area (Å²) in [4.78, 5) is 6.81. The fraction of sp³-hybridized carbons (Fsp3) is 0. The number of nitrogens with zero attached hydrogens (tertiary/aromatic N) is 2. The van der Waals surface area contributed by atoms with Crippen molar-refractivity contribution in [2.24, 2.45) is 0 Å². The molecule has 0 saturated heterocycles. The van der Waals surface area contributed by atoms with Crippen molar-refractivity contribution in [3.05, 3.63) is 22.4 Å². The van der Waals surface area contributed by atoms with E-state index < -0.39 is 17.7 Å². The zero-order valence-corrected chi connectivity index (χ0v) is 8.29. The van der Waals surface area contributed by atoms with Crippen LogP contribution < -0.4 is 0 Å². The number of hydrogen-bond acceptors (Lipinski definition) is 4. The Balaban J connectivity index is 2.94. The quantitative estimate of drug-likeness (QED) is 0.758. The van der Waals surface area contributed by atoms with Crippen molar-refractivity contribution in [3.8, 4) is 11.9 Å². The molecule has 2 aromatic rings. The summed E-state index contributed by atoms with van der Waals surface area (Å²) in [5.74, 6) is -1.22. The summed E-state index contributed by atoms with van der Waals surface area (Å²) in [6, 6.07) is 2.06. The Kier molecular flexibility index (Phi) is 1.99. The van der Waals surface area contributed by atoms with E-state index in [9.17, 15) is 9.50 Å². The third kappa shape index (κ3) is 1.37. The van der Waals surface area contributed by atoms with E-state index in [0.29, 0.717) is 4.47 Å². The van der Waals surface area contributed by atoms with Gasteiger partial charge in [-0.15, -0.1) is 0 Å². The average Bonchev–Trinajstić information content (AvgIpc) is 1.99. The molecule has 0 saturated carbocycles. The number of hydrogen-bond donors (Lipinski definition) is 2. The molecule has 0 fully saturated rings. The smallest absolute Gasteiger partial charge is 0.317 e. The topological polar surface area (TPSA) is 66.2 Å². The Bertz CT molecular complexity index is 475. The molecule has 0 amide bonds. The van der Waals surface area contributed by atoms with Crippen LogP contribution in [0.2, 0.25) is 0 Å². The van der Waals surface area contributed by atoms with Gasteiger partial charge in [-0.25, -0.2) is 4.39 Å². The van der Waals surface area contributed by atoms with Gasteiger partial charge in [0.05, 0.1) is 10.9 Å². The zero-order valence-electron chi connectivity index (χ0n) is 6.70. The maximum atomic E-state index is 13.3. The fourth-order valence-electron chi connectivity index (χ4n) is 1.15. The minimum Gasteiger partial charge on any atom is -0.493 e. The second-order valence-electron chi connectivity index (χ2n) is 2.63. The minimum atomic E-state index is -0.646. The molecule has 0 spiro atoms. The summed E-state index contributed by atoms with van der Waals surface area (Å²) in [6.45, 7) is 0. The molecular weight excluding hydrogens is 255 g/mol. The van der Waals surface area contributed by atoms with Crippen LogP contribution in [0.25, 0.3) is 10.9 Å². The van der Waals surface area contributed by atoms with E-state index in [1.165, 1.54) is 12.1 Å². The Hall–Kier alpha value is -1.43.